The second-order valence-electron chi connectivity index (χ2n) is 19.4. The van der Waals surface area contributed by atoms with E-state index in [9.17, 15) is 0 Å². The average Bonchev–Trinajstić information content (AvgIpc) is 3.80. The molecule has 346 valence electrons. The van der Waals surface area contributed by atoms with Crippen LogP contribution in [0.2, 0.25) is 0 Å². The zero-order valence-corrected chi connectivity index (χ0v) is 40.7. The summed E-state index contributed by atoms with van der Waals surface area (Å²) in [6.45, 7) is 0. The lowest BCUT2D eigenvalue weighted by Gasteiger charge is -2.35. The molecule has 0 aliphatic heterocycles. The van der Waals surface area contributed by atoms with Crippen molar-refractivity contribution < 1.29 is 0 Å². The van der Waals surface area contributed by atoms with Crippen LogP contribution in [0.15, 0.2) is 297 Å². The number of rotatable bonds is 9. The molecule has 1 aliphatic carbocycles. The van der Waals surface area contributed by atoms with Crippen LogP contribution in [0.25, 0.3) is 88.0 Å². The Balaban J connectivity index is 1.14. The highest BCUT2D eigenvalue weighted by atomic mass is 15.2. The predicted molar refractivity (Wildman–Crippen MR) is 313 cm³/mol. The summed E-state index contributed by atoms with van der Waals surface area (Å²) >= 11 is 0. The quantitative estimate of drug-likeness (QED) is 0.130. The number of anilines is 3. The molecule has 0 N–H and O–H groups in total. The monoisotopic (exact) mass is 939 g/mol. The van der Waals surface area contributed by atoms with E-state index in [0.717, 1.165) is 28.2 Å². The maximum absolute atomic E-state index is 2.62. The highest BCUT2D eigenvalue weighted by molar-refractivity contribution is 6.23. The smallest absolute Gasteiger partial charge is 0.0714 e. The molecule has 1 heteroatoms. The fourth-order valence-electron chi connectivity index (χ4n) is 12.4. The number of benzene rings is 13. The standard InChI is InChI=1S/C73H49N/c1-5-24-50(25-6-1)60-47-46-57(49-66(60)52-26-7-2-8-27-52)74(69-45-23-44-68-71(69)65-41-19-20-43-67(65)73(68,55-32-9-3-10-33-55)56-34-11-4-12-35-56)72-64-40-18-16-38-62(64)61-37-15-17-39-63(61)70(72)54-31-21-30-53(48-54)59-42-22-29-51-28-13-14-36-58(51)59/h1-49H. The van der Waals surface area contributed by atoms with E-state index in [1.807, 2.05) is 0 Å². The van der Waals surface area contributed by atoms with Crippen molar-refractivity contribution in [3.05, 3.63) is 320 Å². The van der Waals surface area contributed by atoms with Gasteiger partial charge in [0.05, 0.1) is 16.8 Å². The van der Waals surface area contributed by atoms with Crippen LogP contribution < -0.4 is 4.90 Å². The minimum Gasteiger partial charge on any atom is -0.309 e. The Kier molecular flexibility index (Phi) is 10.5. The van der Waals surface area contributed by atoms with Crippen molar-refractivity contribution in [2.24, 2.45) is 0 Å². The lowest BCUT2D eigenvalue weighted by Crippen LogP contribution is -2.28. The van der Waals surface area contributed by atoms with E-state index in [2.05, 4.69) is 302 Å². The van der Waals surface area contributed by atoms with Gasteiger partial charge in [-0.15, -0.1) is 0 Å². The van der Waals surface area contributed by atoms with Crippen molar-refractivity contribution in [3.63, 3.8) is 0 Å². The Labute approximate surface area is 432 Å². The SMILES string of the molecule is c1ccc(-c2ccc(N(c3cccc4c3-c3ccccc3C4(c3ccccc3)c3ccccc3)c3c(-c4cccc(-c5cccc6ccccc56)c4)c4ccccc4c4ccccc34)cc2-c2ccccc2)cc1. The van der Waals surface area contributed by atoms with E-state index >= 15 is 0 Å². The molecule has 13 aromatic carbocycles. The summed E-state index contributed by atoms with van der Waals surface area (Å²) < 4.78 is 0. The average molecular weight is 940 g/mol. The van der Waals surface area contributed by atoms with Gasteiger partial charge < -0.3 is 4.90 Å². The van der Waals surface area contributed by atoms with Gasteiger partial charge in [0.1, 0.15) is 0 Å². The van der Waals surface area contributed by atoms with Gasteiger partial charge in [-0.1, -0.05) is 273 Å². The highest BCUT2D eigenvalue weighted by Crippen LogP contribution is 2.61. The zero-order chi connectivity index (χ0) is 49.0. The number of nitrogens with zero attached hydrogens (tertiary/aromatic N) is 1. The molecule has 1 nitrogen and oxygen atoms in total. The summed E-state index contributed by atoms with van der Waals surface area (Å²) in [5, 5.41) is 7.26. The van der Waals surface area contributed by atoms with E-state index in [1.54, 1.807) is 0 Å². The molecule has 0 bridgehead atoms. The second-order valence-corrected chi connectivity index (χ2v) is 19.4. The third-order valence-electron chi connectivity index (χ3n) is 15.5. The zero-order valence-electron chi connectivity index (χ0n) is 40.7. The minimum atomic E-state index is -0.594. The molecule has 13 aromatic rings. The van der Waals surface area contributed by atoms with Crippen LogP contribution in [0.5, 0.6) is 0 Å². The molecule has 0 saturated heterocycles. The molecular weight excluding hydrogens is 891 g/mol. The van der Waals surface area contributed by atoms with E-state index in [1.165, 1.54) is 99.1 Å². The van der Waals surface area contributed by atoms with Crippen LogP contribution in [0.1, 0.15) is 22.3 Å². The molecule has 0 amide bonds. The molecule has 1 aliphatic rings. The normalized spacial score (nSPS) is 12.4. The lowest BCUT2D eigenvalue weighted by atomic mass is 9.68. The Morgan fingerprint density at radius 2 is 0.743 bits per heavy atom. The van der Waals surface area contributed by atoms with Crippen molar-refractivity contribution in [2.75, 3.05) is 4.90 Å². The second kappa shape index (κ2) is 17.9. The van der Waals surface area contributed by atoms with Crippen molar-refractivity contribution in [3.8, 4) is 55.6 Å². The maximum atomic E-state index is 2.62. The third-order valence-corrected chi connectivity index (χ3v) is 15.5. The molecule has 0 spiro atoms. The van der Waals surface area contributed by atoms with Gasteiger partial charge in [-0.25, -0.2) is 0 Å². The van der Waals surface area contributed by atoms with Crippen molar-refractivity contribution in [1.82, 2.24) is 0 Å². The van der Waals surface area contributed by atoms with Crippen molar-refractivity contribution in [1.29, 1.82) is 0 Å². The molecule has 0 fully saturated rings. The van der Waals surface area contributed by atoms with Crippen LogP contribution >= 0.6 is 0 Å². The van der Waals surface area contributed by atoms with Crippen molar-refractivity contribution >= 4 is 49.4 Å². The van der Waals surface area contributed by atoms with Gasteiger partial charge in [0.25, 0.3) is 0 Å². The number of fused-ring (bicyclic) bond motifs is 7. The first-order valence-electron chi connectivity index (χ1n) is 25.7. The molecule has 0 radical (unpaired) electrons. The minimum absolute atomic E-state index is 0.594. The van der Waals surface area contributed by atoms with Gasteiger partial charge in [-0.3, -0.25) is 0 Å². The molecule has 0 aromatic heterocycles. The summed E-state index contributed by atoms with van der Waals surface area (Å²) in [5.74, 6) is 0. The van der Waals surface area contributed by atoms with Crippen LogP contribution in [0.4, 0.5) is 17.1 Å². The van der Waals surface area contributed by atoms with Crippen LogP contribution in [-0.2, 0) is 5.41 Å². The summed E-state index contributed by atoms with van der Waals surface area (Å²) in [6, 6.07) is 110. The van der Waals surface area contributed by atoms with Gasteiger partial charge in [0.2, 0.25) is 0 Å². The Bertz CT molecular complexity index is 4190. The molecule has 0 unspecified atom stereocenters. The van der Waals surface area contributed by atoms with Gasteiger partial charge in [0, 0.05) is 22.2 Å². The first-order chi connectivity index (χ1) is 36.8. The van der Waals surface area contributed by atoms with Gasteiger partial charge in [-0.05, 0) is 118 Å². The van der Waals surface area contributed by atoms with Crippen LogP contribution in [0.3, 0.4) is 0 Å². The van der Waals surface area contributed by atoms with E-state index in [-0.39, 0.29) is 0 Å². The lowest BCUT2D eigenvalue weighted by molar-refractivity contribution is 0.768. The van der Waals surface area contributed by atoms with Gasteiger partial charge >= 0.3 is 0 Å². The first kappa shape index (κ1) is 43.2. The number of hydrogen-bond acceptors (Lipinski definition) is 1. The topological polar surface area (TPSA) is 3.24 Å². The largest absolute Gasteiger partial charge is 0.309 e. The third kappa shape index (κ3) is 6.85. The number of hydrogen-bond donors (Lipinski definition) is 0. The molecular formula is C73H49N. The van der Waals surface area contributed by atoms with Crippen molar-refractivity contribution in [2.45, 2.75) is 5.41 Å². The Morgan fingerprint density at radius 3 is 1.46 bits per heavy atom. The summed E-state index contributed by atoms with van der Waals surface area (Å²) in [7, 11) is 0. The summed E-state index contributed by atoms with van der Waals surface area (Å²) in [5.41, 5.74) is 19.6. The maximum Gasteiger partial charge on any atom is 0.0714 e. The van der Waals surface area contributed by atoms with Gasteiger partial charge in [-0.2, -0.15) is 0 Å². The summed E-state index contributed by atoms with van der Waals surface area (Å²) in [4.78, 5) is 2.62. The van der Waals surface area contributed by atoms with Crippen LogP contribution in [-0.4, -0.2) is 0 Å². The van der Waals surface area contributed by atoms with E-state index in [4.69, 9.17) is 0 Å². The Hall–Kier alpha value is -9.56. The van der Waals surface area contributed by atoms with Crippen LogP contribution in [0, 0.1) is 0 Å². The summed E-state index contributed by atoms with van der Waals surface area (Å²) in [6.07, 6.45) is 0. The van der Waals surface area contributed by atoms with Gasteiger partial charge in [0.15, 0.2) is 0 Å². The van der Waals surface area contributed by atoms with E-state index < -0.39 is 5.41 Å². The molecule has 0 saturated carbocycles. The fraction of sp³-hybridized carbons (Fsp3) is 0.0137. The van der Waals surface area contributed by atoms with E-state index in [0.29, 0.717) is 0 Å². The fourth-order valence-corrected chi connectivity index (χ4v) is 12.4. The highest BCUT2D eigenvalue weighted by Gasteiger charge is 2.47. The first-order valence-corrected chi connectivity index (χ1v) is 25.7. The Morgan fingerprint density at radius 1 is 0.257 bits per heavy atom. The molecule has 0 heterocycles. The molecule has 74 heavy (non-hydrogen) atoms. The molecule has 0 atom stereocenters. The molecule has 14 rings (SSSR count). The predicted octanol–water partition coefficient (Wildman–Crippen LogP) is 19.6.